The van der Waals surface area contributed by atoms with E-state index in [0.29, 0.717) is 6.42 Å². The van der Waals surface area contributed by atoms with Gasteiger partial charge in [0.15, 0.2) is 6.10 Å². The van der Waals surface area contributed by atoms with Crippen molar-refractivity contribution in [2.75, 3.05) is 26.4 Å². The molecule has 0 saturated heterocycles. The SMILES string of the molecule is CCCCCCCCCC/C=C\CCCCCCCCCCCCCCCCCCCCCCCCCC(=O)OC(COC(=O)CCCCCCCCCCCCCCCCCCCCCCCCCCCC)COP(=O)(O)OCCN. The van der Waals surface area contributed by atoms with Gasteiger partial charge in [0.1, 0.15) is 6.61 Å². The molecule has 0 bridgehead atoms. The van der Waals surface area contributed by atoms with Gasteiger partial charge in [-0.05, 0) is 38.5 Å². The topological polar surface area (TPSA) is 134 Å². The first kappa shape index (κ1) is 80.8. The molecular formula is C72H142NO8P. The number of rotatable bonds is 71. The summed E-state index contributed by atoms with van der Waals surface area (Å²) >= 11 is 0. The number of phosphoric ester groups is 1. The molecule has 3 N–H and O–H groups in total. The molecule has 0 rings (SSSR count). The fourth-order valence-electron chi connectivity index (χ4n) is 11.5. The number of phosphoric acid groups is 1. The minimum Gasteiger partial charge on any atom is -0.462 e. The Balaban J connectivity index is 3.77. The lowest BCUT2D eigenvalue weighted by molar-refractivity contribution is -0.161. The molecule has 488 valence electrons. The highest BCUT2D eigenvalue weighted by Gasteiger charge is 2.26. The minimum absolute atomic E-state index is 0.0581. The number of unbranched alkanes of at least 4 members (excludes halogenated alkanes) is 56. The van der Waals surface area contributed by atoms with Gasteiger partial charge in [0.2, 0.25) is 0 Å². The van der Waals surface area contributed by atoms with Crippen LogP contribution in [0.15, 0.2) is 12.2 Å². The molecule has 0 spiro atoms. The molecule has 0 aromatic carbocycles. The van der Waals surface area contributed by atoms with Crippen molar-refractivity contribution in [2.45, 2.75) is 412 Å². The third-order valence-corrected chi connectivity index (χ3v) is 17.9. The fraction of sp³-hybridized carbons (Fsp3) is 0.944. The summed E-state index contributed by atoms with van der Waals surface area (Å²) in [6, 6.07) is 0. The van der Waals surface area contributed by atoms with E-state index >= 15 is 0 Å². The predicted octanol–water partition coefficient (Wildman–Crippen LogP) is 23.9. The molecular weight excluding hydrogens is 1040 g/mol. The Morgan fingerprint density at radius 1 is 0.354 bits per heavy atom. The van der Waals surface area contributed by atoms with Gasteiger partial charge in [-0.1, -0.05) is 366 Å². The number of carbonyl (C=O) groups is 2. The molecule has 82 heavy (non-hydrogen) atoms. The first-order chi connectivity index (χ1) is 40.3. The zero-order valence-electron chi connectivity index (χ0n) is 55.0. The Kier molecular flexibility index (Phi) is 67.8. The average molecular weight is 1180 g/mol. The number of nitrogens with two attached hydrogens (primary N) is 1. The quantitative estimate of drug-likeness (QED) is 0.0264. The van der Waals surface area contributed by atoms with Gasteiger partial charge in [-0.2, -0.15) is 0 Å². The Morgan fingerprint density at radius 3 is 0.866 bits per heavy atom. The maximum Gasteiger partial charge on any atom is 0.472 e. The monoisotopic (exact) mass is 1180 g/mol. The van der Waals surface area contributed by atoms with Crippen LogP contribution in [0.4, 0.5) is 0 Å². The maximum absolute atomic E-state index is 12.8. The number of ether oxygens (including phenoxy) is 2. The second-order valence-corrected chi connectivity index (χ2v) is 26.6. The fourth-order valence-corrected chi connectivity index (χ4v) is 12.2. The lowest BCUT2D eigenvalue weighted by atomic mass is 10.0. The van der Waals surface area contributed by atoms with Crippen LogP contribution in [-0.4, -0.2) is 49.3 Å². The zero-order chi connectivity index (χ0) is 59.4. The van der Waals surface area contributed by atoms with E-state index in [1.54, 1.807) is 0 Å². The maximum atomic E-state index is 12.8. The average Bonchev–Trinajstić information content (AvgIpc) is 3.49. The second-order valence-electron chi connectivity index (χ2n) is 25.2. The van der Waals surface area contributed by atoms with Crippen molar-refractivity contribution in [3.05, 3.63) is 12.2 Å². The summed E-state index contributed by atoms with van der Waals surface area (Å²) in [7, 11) is -4.39. The van der Waals surface area contributed by atoms with Gasteiger partial charge in [0.25, 0.3) is 0 Å². The zero-order valence-corrected chi connectivity index (χ0v) is 55.9. The molecule has 0 amide bonds. The van der Waals surface area contributed by atoms with Crippen molar-refractivity contribution in [3.63, 3.8) is 0 Å². The molecule has 0 aromatic rings. The minimum atomic E-state index is -4.39. The molecule has 2 unspecified atom stereocenters. The first-order valence-corrected chi connectivity index (χ1v) is 38.2. The van der Waals surface area contributed by atoms with Gasteiger partial charge in [0.05, 0.1) is 13.2 Å². The molecule has 9 nitrogen and oxygen atoms in total. The lowest BCUT2D eigenvalue weighted by Gasteiger charge is -2.19. The van der Waals surface area contributed by atoms with E-state index in [0.717, 1.165) is 32.1 Å². The van der Waals surface area contributed by atoms with Gasteiger partial charge < -0.3 is 20.1 Å². The van der Waals surface area contributed by atoms with Crippen LogP contribution in [0.2, 0.25) is 0 Å². The van der Waals surface area contributed by atoms with Crippen LogP contribution in [-0.2, 0) is 32.7 Å². The third kappa shape index (κ3) is 67.9. The highest BCUT2D eigenvalue weighted by Crippen LogP contribution is 2.43. The molecule has 0 heterocycles. The third-order valence-electron chi connectivity index (χ3n) is 16.9. The summed E-state index contributed by atoms with van der Waals surface area (Å²) in [5.41, 5.74) is 5.41. The van der Waals surface area contributed by atoms with Gasteiger partial charge in [-0.15, -0.1) is 0 Å². The van der Waals surface area contributed by atoms with E-state index in [9.17, 15) is 19.0 Å². The highest BCUT2D eigenvalue weighted by atomic mass is 31.2. The molecule has 0 aliphatic heterocycles. The normalized spacial score (nSPS) is 12.9. The summed E-state index contributed by atoms with van der Waals surface area (Å²) in [4.78, 5) is 35.4. The number of allylic oxidation sites excluding steroid dienone is 2. The Morgan fingerprint density at radius 2 is 0.598 bits per heavy atom. The van der Waals surface area contributed by atoms with Crippen LogP contribution in [0.3, 0.4) is 0 Å². The predicted molar refractivity (Wildman–Crippen MR) is 354 cm³/mol. The van der Waals surface area contributed by atoms with Crippen LogP contribution in [0.1, 0.15) is 406 Å². The van der Waals surface area contributed by atoms with Crippen LogP contribution in [0.5, 0.6) is 0 Å². The number of hydrogen-bond donors (Lipinski definition) is 2. The Hall–Kier alpha value is -1.25. The van der Waals surface area contributed by atoms with E-state index in [1.165, 1.54) is 340 Å². The summed E-state index contributed by atoms with van der Waals surface area (Å²) in [6.45, 7) is 3.84. The van der Waals surface area contributed by atoms with Crippen LogP contribution >= 0.6 is 7.82 Å². The van der Waals surface area contributed by atoms with Crippen molar-refractivity contribution in [2.24, 2.45) is 5.73 Å². The van der Waals surface area contributed by atoms with Crippen molar-refractivity contribution in [1.29, 1.82) is 0 Å². The highest BCUT2D eigenvalue weighted by molar-refractivity contribution is 7.47. The largest absolute Gasteiger partial charge is 0.472 e. The molecule has 0 aliphatic carbocycles. The number of esters is 2. The summed E-state index contributed by atoms with van der Waals surface area (Å²) < 4.78 is 33.2. The Bertz CT molecular complexity index is 1350. The van der Waals surface area contributed by atoms with Crippen molar-refractivity contribution in [3.8, 4) is 0 Å². The van der Waals surface area contributed by atoms with Gasteiger partial charge in [-0.25, -0.2) is 4.57 Å². The number of carbonyl (C=O) groups excluding carboxylic acids is 2. The van der Waals surface area contributed by atoms with Crippen LogP contribution in [0.25, 0.3) is 0 Å². The summed E-state index contributed by atoms with van der Waals surface area (Å²) in [6.07, 6.45) is 83.3. The van der Waals surface area contributed by atoms with Crippen molar-refractivity contribution in [1.82, 2.24) is 0 Å². The van der Waals surface area contributed by atoms with Crippen LogP contribution < -0.4 is 5.73 Å². The molecule has 0 saturated carbocycles. The van der Waals surface area contributed by atoms with E-state index < -0.39 is 26.5 Å². The van der Waals surface area contributed by atoms with E-state index in [-0.39, 0.29) is 38.6 Å². The smallest absolute Gasteiger partial charge is 0.462 e. The molecule has 0 fully saturated rings. The van der Waals surface area contributed by atoms with Crippen molar-refractivity contribution >= 4 is 19.8 Å². The molecule has 0 aliphatic rings. The van der Waals surface area contributed by atoms with E-state index in [2.05, 4.69) is 26.0 Å². The van der Waals surface area contributed by atoms with Gasteiger partial charge in [0, 0.05) is 19.4 Å². The van der Waals surface area contributed by atoms with Crippen LogP contribution in [0, 0.1) is 0 Å². The van der Waals surface area contributed by atoms with Crippen molar-refractivity contribution < 1.29 is 37.6 Å². The number of hydrogen-bond acceptors (Lipinski definition) is 8. The standard InChI is InChI=1S/C72H142NO8P/c1-3-5-7-9-11-13-15-17-19-21-23-25-27-29-31-32-33-34-35-36-37-38-39-41-43-45-47-49-51-53-55-57-59-61-63-65-72(75)81-70(69-80-82(76,77)79-67-66-73)68-78-71(74)64-62-60-58-56-54-52-50-48-46-44-42-40-30-28-26-24-22-20-18-16-14-12-10-8-6-4-2/h21,23,70H,3-20,22,24-69,73H2,1-2H3,(H,76,77)/b23-21-. The lowest BCUT2D eigenvalue weighted by Crippen LogP contribution is -2.29. The molecule has 10 heteroatoms. The van der Waals surface area contributed by atoms with E-state index in [1.807, 2.05) is 0 Å². The van der Waals surface area contributed by atoms with Gasteiger partial charge in [-0.3, -0.25) is 18.6 Å². The Labute approximate surface area is 510 Å². The second kappa shape index (κ2) is 68.9. The van der Waals surface area contributed by atoms with E-state index in [4.69, 9.17) is 24.3 Å². The molecule has 2 atom stereocenters. The summed E-state index contributed by atoms with van der Waals surface area (Å²) in [5.74, 6) is -0.798. The van der Waals surface area contributed by atoms with Gasteiger partial charge >= 0.3 is 19.8 Å². The molecule has 0 aromatic heterocycles. The molecule has 0 radical (unpaired) electrons. The first-order valence-electron chi connectivity index (χ1n) is 36.7. The summed E-state index contributed by atoms with van der Waals surface area (Å²) in [5, 5.41) is 0.